The summed E-state index contributed by atoms with van der Waals surface area (Å²) in [7, 11) is 0. The van der Waals surface area contributed by atoms with E-state index in [1.807, 2.05) is 19.9 Å². The minimum Gasteiger partial charge on any atom is -0.507 e. The third-order valence-electron chi connectivity index (χ3n) is 3.80. The zero-order valence-corrected chi connectivity index (χ0v) is 16.9. The molecule has 0 unspecified atom stereocenters. The Balaban J connectivity index is 2.15. The molecule has 2 aromatic rings. The highest BCUT2D eigenvalue weighted by Crippen LogP contribution is 2.34. The summed E-state index contributed by atoms with van der Waals surface area (Å²) >= 11 is 17.6. The third-order valence-corrected chi connectivity index (χ3v) is 4.93. The smallest absolute Gasteiger partial charge is 0.291 e. The maximum absolute atomic E-state index is 12.2. The van der Waals surface area contributed by atoms with Crippen molar-refractivity contribution in [1.82, 2.24) is 10.4 Å². The number of carbonyl (C=O) groups is 1. The molecular formula is C17H18Cl3N5O2. The van der Waals surface area contributed by atoms with Crippen LogP contribution in [0.15, 0.2) is 23.3 Å². The predicted octanol–water partition coefficient (Wildman–Crippen LogP) is 3.94. The monoisotopic (exact) mass is 429 g/mol. The number of hydrogen-bond acceptors (Lipinski definition) is 6. The number of anilines is 2. The van der Waals surface area contributed by atoms with Gasteiger partial charge in [0.1, 0.15) is 10.8 Å². The van der Waals surface area contributed by atoms with E-state index in [1.54, 1.807) is 12.1 Å². The van der Waals surface area contributed by atoms with Crippen molar-refractivity contribution in [3.05, 3.63) is 44.7 Å². The number of phenolic OH excluding ortho intramolecular Hbond substituents is 1. The first-order chi connectivity index (χ1) is 12.8. The molecule has 0 aliphatic carbocycles. The van der Waals surface area contributed by atoms with Gasteiger partial charge in [0.2, 0.25) is 0 Å². The molecule has 1 aromatic heterocycles. The van der Waals surface area contributed by atoms with Crippen molar-refractivity contribution in [1.29, 1.82) is 0 Å². The second kappa shape index (κ2) is 9.12. The molecule has 144 valence electrons. The maximum Gasteiger partial charge on any atom is 0.291 e. The number of nitrogens with two attached hydrogens (primary N) is 1. The van der Waals surface area contributed by atoms with Crippen LogP contribution in [-0.2, 0) is 0 Å². The molecule has 4 N–H and O–H groups in total. The molecule has 1 amide bonds. The molecule has 1 heterocycles. The van der Waals surface area contributed by atoms with Crippen LogP contribution >= 0.6 is 34.8 Å². The van der Waals surface area contributed by atoms with Crippen molar-refractivity contribution in [2.24, 2.45) is 5.10 Å². The van der Waals surface area contributed by atoms with Gasteiger partial charge in [-0.15, -0.1) is 0 Å². The van der Waals surface area contributed by atoms with E-state index in [2.05, 4.69) is 20.4 Å². The fraction of sp³-hybridized carbons (Fsp3) is 0.235. The second-order valence-corrected chi connectivity index (χ2v) is 6.52. The number of nitrogens with zero attached hydrogens (tertiary/aromatic N) is 3. The van der Waals surface area contributed by atoms with Crippen LogP contribution in [0.25, 0.3) is 0 Å². The molecule has 2 rings (SSSR count). The highest BCUT2D eigenvalue weighted by molar-refractivity contribution is 6.46. The molecule has 0 spiro atoms. The highest BCUT2D eigenvalue weighted by atomic mass is 35.5. The van der Waals surface area contributed by atoms with Gasteiger partial charge in [-0.25, -0.2) is 10.4 Å². The summed E-state index contributed by atoms with van der Waals surface area (Å²) < 4.78 is 0. The zero-order valence-electron chi connectivity index (χ0n) is 14.6. The summed E-state index contributed by atoms with van der Waals surface area (Å²) in [5.74, 6) is -0.687. The van der Waals surface area contributed by atoms with Gasteiger partial charge in [0.05, 0.1) is 16.9 Å². The summed E-state index contributed by atoms with van der Waals surface area (Å²) in [4.78, 5) is 18.1. The normalized spacial score (nSPS) is 11.0. The molecule has 10 heteroatoms. The third kappa shape index (κ3) is 4.74. The lowest BCUT2D eigenvalue weighted by atomic mass is 10.2. The summed E-state index contributed by atoms with van der Waals surface area (Å²) in [6.07, 6.45) is 1.30. The number of aromatic nitrogens is 1. The number of hydrogen-bond donors (Lipinski definition) is 3. The molecule has 0 saturated carbocycles. The van der Waals surface area contributed by atoms with Crippen molar-refractivity contribution < 1.29 is 9.90 Å². The molecule has 1 aromatic carbocycles. The van der Waals surface area contributed by atoms with Gasteiger partial charge in [-0.2, -0.15) is 5.10 Å². The van der Waals surface area contributed by atoms with E-state index in [0.717, 1.165) is 18.8 Å². The average molecular weight is 431 g/mol. The molecule has 0 atom stereocenters. The van der Waals surface area contributed by atoms with Crippen molar-refractivity contribution in [3.63, 3.8) is 0 Å². The first-order valence-corrected chi connectivity index (χ1v) is 9.14. The molecule has 0 aliphatic heterocycles. The van der Waals surface area contributed by atoms with Crippen LogP contribution in [0.1, 0.15) is 29.9 Å². The number of nitrogens with one attached hydrogen (secondary N) is 1. The minimum atomic E-state index is -0.722. The lowest BCUT2D eigenvalue weighted by Crippen LogP contribution is -2.21. The van der Waals surface area contributed by atoms with Crippen LogP contribution in [0.2, 0.25) is 15.2 Å². The van der Waals surface area contributed by atoms with E-state index in [1.165, 1.54) is 6.21 Å². The lowest BCUT2D eigenvalue weighted by molar-refractivity contribution is 0.0950. The first-order valence-electron chi connectivity index (χ1n) is 8.01. The number of carbonyl (C=O) groups excluding carboxylic acids is 1. The lowest BCUT2D eigenvalue weighted by Gasteiger charge is -2.21. The molecule has 7 nitrogen and oxygen atoms in total. The second-order valence-electron chi connectivity index (χ2n) is 5.41. The number of hydrazone groups is 1. The molecule has 27 heavy (non-hydrogen) atoms. The Morgan fingerprint density at radius 3 is 2.56 bits per heavy atom. The largest absolute Gasteiger partial charge is 0.507 e. The van der Waals surface area contributed by atoms with Crippen molar-refractivity contribution >= 4 is 58.3 Å². The fourth-order valence-electron chi connectivity index (χ4n) is 2.32. The van der Waals surface area contributed by atoms with Crippen molar-refractivity contribution in [2.75, 3.05) is 23.7 Å². The number of nitrogen functional groups attached to an aromatic ring is 1. The number of rotatable bonds is 6. The van der Waals surface area contributed by atoms with Crippen LogP contribution < -0.4 is 16.1 Å². The molecule has 0 bridgehead atoms. The minimum absolute atomic E-state index is 0.0278. The SMILES string of the molecule is CCN(CC)c1ccc(/C=N/NC(=O)c2nc(Cl)c(Cl)c(N)c2Cl)c(O)c1. The van der Waals surface area contributed by atoms with E-state index < -0.39 is 5.91 Å². The number of aromatic hydroxyl groups is 1. The van der Waals surface area contributed by atoms with Gasteiger partial charge in [0.25, 0.3) is 5.91 Å². The Bertz CT molecular complexity index is 885. The quantitative estimate of drug-likeness (QED) is 0.366. The summed E-state index contributed by atoms with van der Waals surface area (Å²) in [6, 6.07) is 5.18. The van der Waals surface area contributed by atoms with Crippen LogP contribution in [0.4, 0.5) is 11.4 Å². The van der Waals surface area contributed by atoms with E-state index in [9.17, 15) is 9.90 Å². The van der Waals surface area contributed by atoms with E-state index in [0.29, 0.717) is 5.56 Å². The van der Waals surface area contributed by atoms with Crippen LogP contribution in [0.5, 0.6) is 5.75 Å². The number of amides is 1. The average Bonchev–Trinajstić information content (AvgIpc) is 2.65. The van der Waals surface area contributed by atoms with E-state index >= 15 is 0 Å². The van der Waals surface area contributed by atoms with E-state index in [-0.39, 0.29) is 32.3 Å². The van der Waals surface area contributed by atoms with Gasteiger partial charge >= 0.3 is 0 Å². The Morgan fingerprint density at radius 1 is 1.30 bits per heavy atom. The summed E-state index contributed by atoms with van der Waals surface area (Å²) in [5, 5.41) is 13.7. The fourth-order valence-corrected chi connectivity index (χ4v) is 2.92. The van der Waals surface area contributed by atoms with Gasteiger partial charge in [-0.1, -0.05) is 34.8 Å². The first kappa shape index (κ1) is 21.1. The molecule has 0 fully saturated rings. The molecule has 0 radical (unpaired) electrons. The van der Waals surface area contributed by atoms with Gasteiger partial charge in [0, 0.05) is 30.4 Å². The summed E-state index contributed by atoms with van der Waals surface area (Å²) in [6.45, 7) is 5.70. The number of halogens is 3. The summed E-state index contributed by atoms with van der Waals surface area (Å²) in [5.41, 5.74) is 9.00. The van der Waals surface area contributed by atoms with Crippen LogP contribution in [0.3, 0.4) is 0 Å². The molecular weight excluding hydrogens is 413 g/mol. The Labute approximate surface area is 171 Å². The number of benzene rings is 1. The standard InChI is InChI=1S/C17H18Cl3N5O2/c1-3-25(4-2)10-6-5-9(11(26)7-10)8-22-24-17(27)15-12(18)14(21)13(19)16(20)23-15/h5-8,26H,3-4H2,1-2H3,(H2,21,23)(H,24,27)/b22-8+. The maximum atomic E-state index is 12.2. The van der Waals surface area contributed by atoms with Gasteiger partial charge in [-0.3, -0.25) is 4.79 Å². The van der Waals surface area contributed by atoms with Crippen LogP contribution in [-0.4, -0.2) is 35.3 Å². The topological polar surface area (TPSA) is 104 Å². The van der Waals surface area contributed by atoms with Crippen molar-refractivity contribution in [3.8, 4) is 5.75 Å². The Hall–Kier alpha value is -2.22. The van der Waals surface area contributed by atoms with Crippen LogP contribution in [0, 0.1) is 0 Å². The Kier molecular flexibility index (Phi) is 7.12. The van der Waals surface area contributed by atoms with Gasteiger partial charge in [0.15, 0.2) is 10.8 Å². The molecule has 0 saturated heterocycles. The Morgan fingerprint density at radius 2 is 1.96 bits per heavy atom. The van der Waals surface area contributed by atoms with Gasteiger partial charge < -0.3 is 15.7 Å². The zero-order chi connectivity index (χ0) is 20.1. The predicted molar refractivity (Wildman–Crippen MR) is 110 cm³/mol. The number of pyridine rings is 1. The highest BCUT2D eigenvalue weighted by Gasteiger charge is 2.19. The van der Waals surface area contributed by atoms with Gasteiger partial charge in [-0.05, 0) is 26.0 Å². The van der Waals surface area contributed by atoms with E-state index in [4.69, 9.17) is 40.5 Å². The molecule has 0 aliphatic rings. The number of phenols is 1. The van der Waals surface area contributed by atoms with Crippen molar-refractivity contribution in [2.45, 2.75) is 13.8 Å².